The summed E-state index contributed by atoms with van der Waals surface area (Å²) < 4.78 is 12.2. The first kappa shape index (κ1) is 41.2. The Morgan fingerprint density at radius 2 is 1.14 bits per heavy atom. The molecule has 1 aliphatic heterocycles. The smallest absolute Gasteiger partial charge is 0.159 e. The molecule has 0 spiro atoms. The molecule has 0 saturated carbocycles. The van der Waals surface area contributed by atoms with E-state index in [1.807, 2.05) is 11.3 Å². The molecule has 1 aliphatic rings. The van der Waals surface area contributed by atoms with E-state index in [2.05, 4.69) is 230 Å². The maximum Gasteiger partial charge on any atom is 0.159 e. The number of thiophene rings is 1. The number of furan rings is 1. The van der Waals surface area contributed by atoms with Crippen LogP contribution in [0.15, 0.2) is 233 Å². The van der Waals surface area contributed by atoms with Gasteiger partial charge in [-0.1, -0.05) is 171 Å². The van der Waals surface area contributed by atoms with Crippen molar-refractivity contribution in [1.29, 1.82) is 0 Å². The Morgan fingerprint density at radius 1 is 0.486 bits per heavy atom. The van der Waals surface area contributed by atoms with E-state index >= 15 is 0 Å². The normalized spacial score (nSPS) is 15.6. The van der Waals surface area contributed by atoms with E-state index < -0.39 is 0 Å². The summed E-state index contributed by atoms with van der Waals surface area (Å²) in [5.41, 5.74) is 11.7. The molecule has 15 rings (SSSR count). The molecule has 72 heavy (non-hydrogen) atoms. The van der Waals surface area contributed by atoms with Crippen LogP contribution in [0.2, 0.25) is 0 Å². The van der Waals surface area contributed by atoms with Crippen molar-refractivity contribution < 1.29 is 4.42 Å². The highest BCUT2D eigenvalue weighted by Gasteiger charge is 2.27. The zero-order chi connectivity index (χ0) is 47.4. The fourth-order valence-electron chi connectivity index (χ4n) is 11.8. The summed E-state index contributed by atoms with van der Waals surface area (Å²) in [5.74, 6) is 0.974. The molecule has 0 fully saturated rings. The largest absolute Gasteiger partial charge is 0.454 e. The molecule has 5 heteroatoms. The molecule has 0 aliphatic carbocycles. The molecule has 340 valence electrons. The second-order valence-corrected chi connectivity index (χ2v) is 20.7. The van der Waals surface area contributed by atoms with Gasteiger partial charge in [-0.15, -0.1) is 11.3 Å². The predicted octanol–water partition coefficient (Wildman–Crippen LogP) is 18.6. The number of aliphatic imine (C=N–C) groups is 2. The zero-order valence-electron chi connectivity index (χ0n) is 39.5. The number of benzene rings is 11. The van der Waals surface area contributed by atoms with E-state index in [1.165, 1.54) is 80.0 Å². The Morgan fingerprint density at radius 3 is 1.97 bits per heavy atom. The van der Waals surface area contributed by atoms with Crippen LogP contribution in [0, 0.1) is 5.92 Å². The lowest BCUT2D eigenvalue weighted by Gasteiger charge is -2.25. The number of aromatic nitrogens is 1. The Kier molecular flexibility index (Phi) is 9.27. The molecule has 14 aromatic rings. The molecule has 11 aromatic carbocycles. The van der Waals surface area contributed by atoms with Gasteiger partial charge in [0.15, 0.2) is 11.4 Å². The van der Waals surface area contributed by atoms with E-state index in [0.717, 1.165) is 74.2 Å². The number of amidine groups is 1. The van der Waals surface area contributed by atoms with Crippen LogP contribution in [0.1, 0.15) is 42.5 Å². The monoisotopic (exact) mass is 939 g/mol. The molecule has 2 unspecified atom stereocenters. The summed E-state index contributed by atoms with van der Waals surface area (Å²) in [6.45, 7) is 2.37. The van der Waals surface area contributed by atoms with Crippen molar-refractivity contribution in [3.8, 4) is 16.8 Å². The molecular formula is C67H45N3OS. The first-order chi connectivity index (χ1) is 35.6. The minimum absolute atomic E-state index is 0.0898. The highest BCUT2D eigenvalue weighted by molar-refractivity contribution is 7.25. The van der Waals surface area contributed by atoms with Gasteiger partial charge in [-0.05, 0) is 123 Å². The lowest BCUT2D eigenvalue weighted by atomic mass is 9.87. The van der Waals surface area contributed by atoms with Gasteiger partial charge in [-0.2, -0.15) is 0 Å². The van der Waals surface area contributed by atoms with E-state index in [4.69, 9.17) is 14.4 Å². The molecule has 3 aromatic heterocycles. The van der Waals surface area contributed by atoms with Gasteiger partial charge < -0.3 is 8.98 Å². The van der Waals surface area contributed by atoms with E-state index in [0.29, 0.717) is 0 Å². The number of hydrogen-bond acceptors (Lipinski definition) is 4. The van der Waals surface area contributed by atoms with Crippen LogP contribution in [0.25, 0.3) is 113 Å². The van der Waals surface area contributed by atoms with Crippen LogP contribution < -0.4 is 0 Å². The van der Waals surface area contributed by atoms with Gasteiger partial charge >= 0.3 is 0 Å². The molecule has 0 saturated heterocycles. The average Bonchev–Trinajstić information content (AvgIpc) is 4.11. The fourth-order valence-corrected chi connectivity index (χ4v) is 12.9. The summed E-state index contributed by atoms with van der Waals surface area (Å²) in [5, 5.41) is 14.3. The third-order valence-electron chi connectivity index (χ3n) is 15.4. The van der Waals surface area contributed by atoms with Crippen molar-refractivity contribution >= 4 is 119 Å². The summed E-state index contributed by atoms with van der Waals surface area (Å²) >= 11 is 1.84. The SMILES string of the molecule is CC1CCC(c2cc(-n3c4cc5ccccc5cc4c4ccc5ccccc5c43)c3oc4ccc5ccccc5c4c3c2)=NC(c2ccc3sc4ccccc4c3c2)=NC1c1ccc(-c2ccccc2)cc1. The minimum atomic E-state index is -0.0898. The molecule has 0 amide bonds. The van der Waals surface area contributed by atoms with E-state index in [9.17, 15) is 0 Å². The Labute approximate surface area is 419 Å². The summed E-state index contributed by atoms with van der Waals surface area (Å²) in [6.07, 6.45) is 1.67. The third-order valence-corrected chi connectivity index (χ3v) is 16.6. The summed E-state index contributed by atoms with van der Waals surface area (Å²) in [7, 11) is 0. The summed E-state index contributed by atoms with van der Waals surface area (Å²) in [6, 6.07) is 79.7. The first-order valence-electron chi connectivity index (χ1n) is 25.0. The highest BCUT2D eigenvalue weighted by atomic mass is 32.1. The van der Waals surface area contributed by atoms with E-state index in [-0.39, 0.29) is 12.0 Å². The van der Waals surface area contributed by atoms with Gasteiger partial charge in [-0.3, -0.25) is 4.99 Å². The Balaban J connectivity index is 1.01. The molecular weight excluding hydrogens is 895 g/mol. The molecule has 0 radical (unpaired) electrons. The maximum absolute atomic E-state index is 7.19. The van der Waals surface area contributed by atoms with Gasteiger partial charge in [-0.25, -0.2) is 4.99 Å². The average molecular weight is 940 g/mol. The number of fused-ring (bicyclic) bond motifs is 14. The van der Waals surface area contributed by atoms with Gasteiger partial charge in [0.05, 0.1) is 28.5 Å². The van der Waals surface area contributed by atoms with Gasteiger partial charge in [0.1, 0.15) is 5.58 Å². The lowest BCUT2D eigenvalue weighted by Crippen LogP contribution is -2.18. The molecule has 2 atom stereocenters. The second-order valence-electron chi connectivity index (χ2n) is 19.6. The van der Waals surface area contributed by atoms with Crippen LogP contribution in [0.3, 0.4) is 0 Å². The second kappa shape index (κ2) is 16.2. The van der Waals surface area contributed by atoms with Gasteiger partial charge in [0.2, 0.25) is 0 Å². The minimum Gasteiger partial charge on any atom is -0.454 e. The fraction of sp³-hybridized carbons (Fsp3) is 0.0746. The number of hydrogen-bond donors (Lipinski definition) is 0. The van der Waals surface area contributed by atoms with Crippen LogP contribution in [-0.4, -0.2) is 16.1 Å². The highest BCUT2D eigenvalue weighted by Crippen LogP contribution is 2.45. The van der Waals surface area contributed by atoms with Crippen molar-refractivity contribution in [3.05, 3.63) is 235 Å². The van der Waals surface area contributed by atoms with Crippen molar-refractivity contribution in [2.45, 2.75) is 25.8 Å². The van der Waals surface area contributed by atoms with Crippen molar-refractivity contribution in [1.82, 2.24) is 4.57 Å². The first-order valence-corrected chi connectivity index (χ1v) is 25.9. The standard InChI is InChI=1S/C67H45N3OS/c1-40-23-32-57(68-67(48-30-34-62-55(36-48)52-21-11-12-22-61(52)72-62)69-64(40)45-26-24-42(25-27-45)41-13-3-2-4-14-41)49-37-56-63-50-19-9-7-15-43(50)29-33-60(63)71-66(56)59(39-49)70-58-38-47-18-6-5-17-46(47)35-54(58)53-31-28-44-16-8-10-20-51(44)65(53)70/h2-22,24-31,33-40,64H,23,32H2,1H3. The van der Waals surface area contributed by atoms with Crippen LogP contribution >= 0.6 is 11.3 Å². The van der Waals surface area contributed by atoms with E-state index in [1.54, 1.807) is 0 Å². The van der Waals surface area contributed by atoms with Crippen molar-refractivity contribution in [2.75, 3.05) is 0 Å². The number of rotatable bonds is 5. The predicted molar refractivity (Wildman–Crippen MR) is 306 cm³/mol. The third kappa shape index (κ3) is 6.51. The van der Waals surface area contributed by atoms with Gasteiger partial charge in [0.25, 0.3) is 0 Å². The maximum atomic E-state index is 7.19. The van der Waals surface area contributed by atoms with Crippen LogP contribution in [0.5, 0.6) is 0 Å². The quantitative estimate of drug-likeness (QED) is 0.170. The molecule has 0 N–H and O–H groups in total. The van der Waals surface area contributed by atoms with Crippen LogP contribution in [-0.2, 0) is 0 Å². The van der Waals surface area contributed by atoms with Crippen molar-refractivity contribution in [2.24, 2.45) is 15.9 Å². The topological polar surface area (TPSA) is 42.8 Å². The van der Waals surface area contributed by atoms with Crippen molar-refractivity contribution in [3.63, 3.8) is 0 Å². The Bertz CT molecular complexity index is 4590. The van der Waals surface area contributed by atoms with Crippen LogP contribution in [0.4, 0.5) is 0 Å². The molecule has 0 bridgehead atoms. The molecule has 4 heterocycles. The lowest BCUT2D eigenvalue weighted by molar-refractivity contribution is 0.446. The zero-order valence-corrected chi connectivity index (χ0v) is 40.3. The molecule has 4 nitrogen and oxygen atoms in total. The van der Waals surface area contributed by atoms with Gasteiger partial charge in [0, 0.05) is 52.7 Å². The Hall–Kier alpha value is -8.64. The number of nitrogens with zero attached hydrogens (tertiary/aromatic N) is 3. The summed E-state index contributed by atoms with van der Waals surface area (Å²) in [4.78, 5) is 11.6.